The van der Waals surface area contributed by atoms with Crippen LogP contribution in [-0.4, -0.2) is 60.0 Å². The van der Waals surface area contributed by atoms with Crippen LogP contribution in [0.1, 0.15) is 56.3 Å². The highest BCUT2D eigenvalue weighted by Crippen LogP contribution is 2.27. The molecule has 1 aromatic carbocycles. The molecule has 1 aromatic rings. The Balaban J connectivity index is 3.46. The van der Waals surface area contributed by atoms with Gasteiger partial charge in [0, 0.05) is 12.5 Å². The van der Waals surface area contributed by atoms with E-state index in [0.29, 0.717) is 11.1 Å². The van der Waals surface area contributed by atoms with E-state index in [2.05, 4.69) is 21.4 Å². The molecule has 0 aliphatic rings. The number of hydrogen-bond donors (Lipinski definition) is 3. The molecule has 11 nitrogen and oxygen atoms in total. The first-order valence-electron chi connectivity index (χ1n) is 11.2. The number of ether oxygens (including phenoxy) is 2. The van der Waals surface area contributed by atoms with Crippen molar-refractivity contribution in [2.75, 3.05) is 13.7 Å². The van der Waals surface area contributed by atoms with Crippen molar-refractivity contribution in [2.24, 2.45) is 5.73 Å². The monoisotopic (exact) mass is 502 g/mol. The maximum Gasteiger partial charge on any atom is 0.408 e. The average molecular weight is 503 g/mol. The molecule has 196 valence electrons. The number of hydrogen-bond acceptors (Lipinski definition) is 7. The van der Waals surface area contributed by atoms with Gasteiger partial charge in [-0.2, -0.15) is 0 Å². The van der Waals surface area contributed by atoms with Crippen molar-refractivity contribution in [1.82, 2.24) is 15.5 Å². The van der Waals surface area contributed by atoms with Crippen molar-refractivity contribution in [3.05, 3.63) is 34.9 Å². The summed E-state index contributed by atoms with van der Waals surface area (Å²) in [5, 5.41) is 4.83. The van der Waals surface area contributed by atoms with Gasteiger partial charge in [0.05, 0.1) is 7.11 Å². The topological polar surface area (TPSA) is 157 Å². The lowest BCUT2D eigenvalue weighted by molar-refractivity contribution is -0.142. The standard InChI is InChI=1S/C25H34N4O7/c1-8-29(23(33)18(12-13-19(26)30)28-24(34)36-25(4,5)6)21(22(32)27-14-20(31)35-7)17-11-9-10-15(2)16(17)3/h1,9-11,18,21H,12-14H2,2-7H3,(H2,26,30)(H,27,32)(H,28,34). The summed E-state index contributed by atoms with van der Waals surface area (Å²) in [6.07, 6.45) is 4.35. The van der Waals surface area contributed by atoms with Crippen LogP contribution in [0.3, 0.4) is 0 Å². The van der Waals surface area contributed by atoms with E-state index in [4.69, 9.17) is 16.9 Å². The Morgan fingerprint density at radius 3 is 2.33 bits per heavy atom. The van der Waals surface area contributed by atoms with Crippen LogP contribution < -0.4 is 16.4 Å². The summed E-state index contributed by atoms with van der Waals surface area (Å²) < 4.78 is 9.78. The summed E-state index contributed by atoms with van der Waals surface area (Å²) in [6, 6.07) is 4.68. The van der Waals surface area contributed by atoms with Crippen LogP contribution in [0.4, 0.5) is 4.79 Å². The molecule has 4 N–H and O–H groups in total. The van der Waals surface area contributed by atoms with E-state index in [0.717, 1.165) is 10.5 Å². The molecule has 36 heavy (non-hydrogen) atoms. The van der Waals surface area contributed by atoms with Crippen molar-refractivity contribution in [2.45, 2.75) is 65.1 Å². The van der Waals surface area contributed by atoms with E-state index < -0.39 is 54.0 Å². The zero-order valence-electron chi connectivity index (χ0n) is 21.5. The van der Waals surface area contributed by atoms with E-state index in [1.807, 2.05) is 13.0 Å². The lowest BCUT2D eigenvalue weighted by atomic mass is 9.95. The number of terminal acetylenes is 1. The third kappa shape index (κ3) is 8.94. The molecule has 0 spiro atoms. The number of aryl methyl sites for hydroxylation is 1. The van der Waals surface area contributed by atoms with Crippen molar-refractivity contribution >= 4 is 29.8 Å². The van der Waals surface area contributed by atoms with Crippen LogP contribution in [-0.2, 0) is 28.7 Å². The Morgan fingerprint density at radius 2 is 1.81 bits per heavy atom. The normalized spacial score (nSPS) is 12.4. The first-order chi connectivity index (χ1) is 16.7. The average Bonchev–Trinajstić information content (AvgIpc) is 2.78. The number of primary amides is 1. The summed E-state index contributed by atoms with van der Waals surface area (Å²) >= 11 is 0. The molecule has 11 heteroatoms. The molecule has 0 aliphatic carbocycles. The number of nitrogens with one attached hydrogen (secondary N) is 2. The fraction of sp³-hybridized carbons (Fsp3) is 0.480. The van der Waals surface area contributed by atoms with Gasteiger partial charge in [0.2, 0.25) is 11.8 Å². The van der Waals surface area contributed by atoms with Crippen LogP contribution >= 0.6 is 0 Å². The summed E-state index contributed by atoms with van der Waals surface area (Å²) in [5.41, 5.74) is 6.32. The molecule has 0 radical (unpaired) electrons. The molecular formula is C25H34N4O7. The number of esters is 1. The van der Waals surface area contributed by atoms with Gasteiger partial charge in [-0.05, 0) is 57.7 Å². The lowest BCUT2D eigenvalue weighted by Crippen LogP contribution is -2.52. The minimum atomic E-state index is -1.36. The smallest absolute Gasteiger partial charge is 0.408 e. The highest BCUT2D eigenvalue weighted by Gasteiger charge is 2.37. The third-order valence-corrected chi connectivity index (χ3v) is 5.13. The van der Waals surface area contributed by atoms with Crippen molar-refractivity contribution < 1.29 is 33.4 Å². The molecule has 2 atom stereocenters. The largest absolute Gasteiger partial charge is 0.468 e. The number of alkyl carbamates (subject to hydrolysis) is 1. The van der Waals surface area contributed by atoms with Crippen molar-refractivity contribution in [1.29, 1.82) is 0 Å². The van der Waals surface area contributed by atoms with Gasteiger partial charge in [-0.25, -0.2) is 4.79 Å². The maximum atomic E-state index is 13.6. The lowest BCUT2D eigenvalue weighted by Gasteiger charge is -2.31. The van der Waals surface area contributed by atoms with E-state index in [-0.39, 0.29) is 12.8 Å². The summed E-state index contributed by atoms with van der Waals surface area (Å²) in [7, 11) is 1.17. The number of carbonyl (C=O) groups is 5. The fourth-order valence-corrected chi connectivity index (χ4v) is 3.22. The van der Waals surface area contributed by atoms with E-state index in [1.54, 1.807) is 39.8 Å². The second kappa shape index (κ2) is 13.1. The fourth-order valence-electron chi connectivity index (χ4n) is 3.22. The summed E-state index contributed by atoms with van der Waals surface area (Å²) in [4.78, 5) is 63.1. The first kappa shape index (κ1) is 30.0. The molecule has 1 rings (SSSR count). The predicted octanol–water partition coefficient (Wildman–Crippen LogP) is 1.21. The van der Waals surface area contributed by atoms with E-state index in [1.165, 1.54) is 7.11 Å². The predicted molar refractivity (Wildman–Crippen MR) is 131 cm³/mol. The van der Waals surface area contributed by atoms with Gasteiger partial charge in [0.1, 0.15) is 24.2 Å². The number of carbonyl (C=O) groups excluding carboxylic acids is 5. The molecular weight excluding hydrogens is 468 g/mol. The van der Waals surface area contributed by atoms with Crippen LogP contribution in [0.15, 0.2) is 18.2 Å². The van der Waals surface area contributed by atoms with E-state index in [9.17, 15) is 24.0 Å². The van der Waals surface area contributed by atoms with Gasteiger partial charge < -0.3 is 25.8 Å². The maximum absolute atomic E-state index is 13.6. The zero-order valence-corrected chi connectivity index (χ0v) is 21.5. The Bertz CT molecular complexity index is 1040. The Labute approximate surface area is 211 Å². The number of rotatable bonds is 10. The molecule has 0 aromatic heterocycles. The van der Waals surface area contributed by atoms with Gasteiger partial charge in [0.15, 0.2) is 0 Å². The third-order valence-electron chi connectivity index (χ3n) is 5.13. The Kier molecular flexibility index (Phi) is 10.9. The van der Waals surface area contributed by atoms with Gasteiger partial charge in [-0.3, -0.25) is 24.1 Å². The second-order valence-electron chi connectivity index (χ2n) is 9.03. The number of nitrogens with zero attached hydrogens (tertiary/aromatic N) is 1. The first-order valence-corrected chi connectivity index (χ1v) is 11.2. The summed E-state index contributed by atoms with van der Waals surface area (Å²) in [5.74, 6) is -2.99. The van der Waals surface area contributed by atoms with Crippen LogP contribution in [0.5, 0.6) is 0 Å². The molecule has 2 unspecified atom stereocenters. The summed E-state index contributed by atoms with van der Waals surface area (Å²) in [6.45, 7) is 8.05. The van der Waals surface area contributed by atoms with E-state index >= 15 is 0 Å². The highest BCUT2D eigenvalue weighted by atomic mass is 16.6. The Hall–Kier alpha value is -4.07. The van der Waals surface area contributed by atoms with Crippen molar-refractivity contribution in [3.63, 3.8) is 0 Å². The van der Waals surface area contributed by atoms with Crippen LogP contribution in [0.25, 0.3) is 0 Å². The molecule has 4 amide bonds. The van der Waals surface area contributed by atoms with Crippen LogP contribution in [0, 0.1) is 26.3 Å². The minimum absolute atomic E-state index is 0.186. The van der Waals surface area contributed by atoms with Crippen molar-refractivity contribution in [3.8, 4) is 12.5 Å². The van der Waals surface area contributed by atoms with Gasteiger partial charge in [0.25, 0.3) is 5.91 Å². The molecule has 0 bridgehead atoms. The molecule has 0 saturated carbocycles. The highest BCUT2D eigenvalue weighted by molar-refractivity contribution is 5.94. The second-order valence-corrected chi connectivity index (χ2v) is 9.03. The molecule has 0 fully saturated rings. The van der Waals surface area contributed by atoms with Gasteiger partial charge in [-0.1, -0.05) is 24.6 Å². The zero-order chi connectivity index (χ0) is 27.6. The molecule has 0 saturated heterocycles. The SMILES string of the molecule is C#CN(C(=O)C(CCC(N)=O)NC(=O)OC(C)(C)C)C(C(=O)NCC(=O)OC)c1cccc(C)c1C. The Morgan fingerprint density at radius 1 is 1.17 bits per heavy atom. The molecule has 0 heterocycles. The number of methoxy groups -OCH3 is 1. The van der Waals surface area contributed by atoms with Gasteiger partial charge in [-0.15, -0.1) is 0 Å². The quantitative estimate of drug-likeness (QED) is 0.246. The van der Waals surface area contributed by atoms with Crippen LogP contribution in [0.2, 0.25) is 0 Å². The van der Waals surface area contributed by atoms with Gasteiger partial charge >= 0.3 is 12.1 Å². The number of nitrogens with two attached hydrogens (primary N) is 1. The number of benzene rings is 1. The number of amides is 4. The minimum Gasteiger partial charge on any atom is -0.468 e. The molecule has 0 aliphatic heterocycles.